The average Bonchev–Trinajstić information content (AvgIpc) is 3.27. The molecule has 7 nitrogen and oxygen atoms in total. The third-order valence-corrected chi connectivity index (χ3v) is 6.33. The van der Waals surface area contributed by atoms with E-state index < -0.39 is 0 Å². The lowest BCUT2D eigenvalue weighted by Crippen LogP contribution is -2.43. The lowest BCUT2D eigenvalue weighted by atomic mass is 10.0. The second-order valence-corrected chi connectivity index (χ2v) is 8.63. The monoisotopic (exact) mass is 432 g/mol. The van der Waals surface area contributed by atoms with Gasteiger partial charge in [-0.25, -0.2) is 4.98 Å². The van der Waals surface area contributed by atoms with Crippen LogP contribution in [0.5, 0.6) is 5.75 Å². The summed E-state index contributed by atoms with van der Waals surface area (Å²) in [4.78, 5) is 22.0. The third-order valence-electron chi connectivity index (χ3n) is 6.33. The molecule has 0 bridgehead atoms. The Morgan fingerprint density at radius 2 is 2.00 bits per heavy atom. The van der Waals surface area contributed by atoms with Crippen LogP contribution in [0.15, 0.2) is 64.2 Å². The van der Waals surface area contributed by atoms with Crippen LogP contribution in [0.4, 0.5) is 0 Å². The number of hydrogen-bond donors (Lipinski definition) is 0. The number of fused-ring (bicyclic) bond motifs is 2. The van der Waals surface area contributed by atoms with Gasteiger partial charge in [0.2, 0.25) is 0 Å². The Labute approximate surface area is 186 Å². The molecule has 32 heavy (non-hydrogen) atoms. The molecule has 0 N–H and O–H groups in total. The van der Waals surface area contributed by atoms with Crippen LogP contribution in [-0.2, 0) is 0 Å². The normalized spacial score (nSPS) is 15.7. The van der Waals surface area contributed by atoms with Gasteiger partial charge in [0.25, 0.3) is 0 Å². The van der Waals surface area contributed by atoms with Crippen molar-refractivity contribution in [2.75, 3.05) is 40.3 Å². The standard InChI is InChI=1S/C25H28N4O3/c1-27(2)18-7-10-28(11-8-18)12-13-31-20-5-6-24-21(15-20)23(30)16-25(32-24)22-14-19-4-3-9-29(19)17-26-22/h3-6,9,14-18H,7-8,10-13H2,1-2H3. The minimum atomic E-state index is -0.102. The van der Waals surface area contributed by atoms with Crippen molar-refractivity contribution in [2.24, 2.45) is 0 Å². The molecule has 7 heteroatoms. The molecule has 3 aromatic heterocycles. The third kappa shape index (κ3) is 4.26. The van der Waals surface area contributed by atoms with Crippen molar-refractivity contribution in [3.63, 3.8) is 0 Å². The van der Waals surface area contributed by atoms with Crippen molar-refractivity contribution < 1.29 is 9.15 Å². The van der Waals surface area contributed by atoms with Crippen LogP contribution in [-0.4, -0.2) is 65.6 Å². The molecule has 0 unspecified atom stereocenters. The van der Waals surface area contributed by atoms with Crippen molar-refractivity contribution in [3.8, 4) is 17.2 Å². The highest BCUT2D eigenvalue weighted by molar-refractivity contribution is 5.80. The number of aromatic nitrogens is 2. The molecule has 0 amide bonds. The number of hydrogen-bond acceptors (Lipinski definition) is 6. The van der Waals surface area contributed by atoms with E-state index in [1.165, 1.54) is 18.9 Å². The van der Waals surface area contributed by atoms with Crippen LogP contribution in [0.1, 0.15) is 12.8 Å². The first kappa shape index (κ1) is 20.7. The zero-order valence-corrected chi connectivity index (χ0v) is 18.5. The van der Waals surface area contributed by atoms with Gasteiger partial charge in [0, 0.05) is 30.4 Å². The highest BCUT2D eigenvalue weighted by atomic mass is 16.5. The van der Waals surface area contributed by atoms with Crippen LogP contribution in [0, 0.1) is 0 Å². The van der Waals surface area contributed by atoms with E-state index in [1.807, 2.05) is 34.9 Å². The van der Waals surface area contributed by atoms with E-state index in [0.717, 1.165) is 25.2 Å². The topological polar surface area (TPSA) is 63.2 Å². The van der Waals surface area contributed by atoms with Gasteiger partial charge in [-0.15, -0.1) is 0 Å². The molecule has 0 radical (unpaired) electrons. The summed E-state index contributed by atoms with van der Waals surface area (Å²) in [6.45, 7) is 3.68. The SMILES string of the molecule is CN(C)C1CCN(CCOc2ccc3oc(-c4cc5cccn5cn4)cc(=O)c3c2)CC1. The van der Waals surface area contributed by atoms with Gasteiger partial charge < -0.3 is 18.5 Å². The Balaban J connectivity index is 1.27. The fourth-order valence-electron chi connectivity index (χ4n) is 4.37. The van der Waals surface area contributed by atoms with E-state index in [1.54, 1.807) is 18.5 Å². The molecule has 0 aliphatic carbocycles. The summed E-state index contributed by atoms with van der Waals surface area (Å²) < 4.78 is 13.9. The molecule has 0 saturated carbocycles. The lowest BCUT2D eigenvalue weighted by molar-refractivity contribution is 0.128. The van der Waals surface area contributed by atoms with Crippen molar-refractivity contribution in [1.82, 2.24) is 19.2 Å². The molecule has 4 aromatic rings. The average molecular weight is 433 g/mol. The second kappa shape index (κ2) is 8.76. The Hall–Kier alpha value is -3.16. The van der Waals surface area contributed by atoms with E-state index in [4.69, 9.17) is 9.15 Å². The van der Waals surface area contributed by atoms with E-state index >= 15 is 0 Å². The summed E-state index contributed by atoms with van der Waals surface area (Å²) in [5, 5.41) is 0.516. The van der Waals surface area contributed by atoms with Gasteiger partial charge in [0.15, 0.2) is 11.2 Å². The predicted molar refractivity (Wildman–Crippen MR) is 125 cm³/mol. The first-order valence-corrected chi connectivity index (χ1v) is 11.1. The first-order valence-electron chi connectivity index (χ1n) is 11.1. The maximum Gasteiger partial charge on any atom is 0.193 e. The Morgan fingerprint density at radius 1 is 1.16 bits per heavy atom. The van der Waals surface area contributed by atoms with Gasteiger partial charge in [-0.1, -0.05) is 0 Å². The number of nitrogens with zero attached hydrogens (tertiary/aromatic N) is 4. The van der Waals surface area contributed by atoms with Crippen molar-refractivity contribution >= 4 is 16.5 Å². The van der Waals surface area contributed by atoms with E-state index in [-0.39, 0.29) is 5.43 Å². The first-order chi connectivity index (χ1) is 15.6. The van der Waals surface area contributed by atoms with Gasteiger partial charge in [0.05, 0.1) is 11.7 Å². The number of likely N-dealkylation sites (tertiary alicyclic amines) is 1. The number of benzene rings is 1. The maximum absolute atomic E-state index is 12.8. The van der Waals surface area contributed by atoms with Crippen molar-refractivity contribution in [2.45, 2.75) is 18.9 Å². The summed E-state index contributed by atoms with van der Waals surface area (Å²) in [7, 11) is 4.31. The van der Waals surface area contributed by atoms with E-state index in [2.05, 4.69) is 28.9 Å². The summed E-state index contributed by atoms with van der Waals surface area (Å²) in [6, 6.07) is 13.4. The molecule has 5 rings (SSSR count). The molecule has 1 aliphatic rings. The predicted octanol–water partition coefficient (Wildman–Crippen LogP) is 3.51. The summed E-state index contributed by atoms with van der Waals surface area (Å²) >= 11 is 0. The summed E-state index contributed by atoms with van der Waals surface area (Å²) in [6.07, 6.45) is 6.03. The summed E-state index contributed by atoms with van der Waals surface area (Å²) in [5.41, 5.74) is 2.05. The number of piperidine rings is 1. The molecular weight excluding hydrogens is 404 g/mol. The highest BCUT2D eigenvalue weighted by Crippen LogP contribution is 2.24. The van der Waals surface area contributed by atoms with Crippen LogP contribution in [0.25, 0.3) is 27.9 Å². The van der Waals surface area contributed by atoms with Crippen LogP contribution >= 0.6 is 0 Å². The fraction of sp³-hybridized carbons (Fsp3) is 0.360. The Kier molecular flexibility index (Phi) is 5.68. The van der Waals surface area contributed by atoms with Crippen molar-refractivity contribution in [3.05, 3.63) is 65.2 Å². The molecule has 166 valence electrons. The smallest absolute Gasteiger partial charge is 0.193 e. The lowest BCUT2D eigenvalue weighted by Gasteiger charge is -2.35. The van der Waals surface area contributed by atoms with Gasteiger partial charge in [-0.3, -0.25) is 9.69 Å². The molecule has 1 aliphatic heterocycles. The van der Waals surface area contributed by atoms with Gasteiger partial charge >= 0.3 is 0 Å². The molecular formula is C25H28N4O3. The van der Waals surface area contributed by atoms with Gasteiger partial charge in [0.1, 0.15) is 23.6 Å². The Bertz CT molecular complexity index is 1290. The largest absolute Gasteiger partial charge is 0.492 e. The molecule has 1 aromatic carbocycles. The van der Waals surface area contributed by atoms with Crippen molar-refractivity contribution in [1.29, 1.82) is 0 Å². The highest BCUT2D eigenvalue weighted by Gasteiger charge is 2.20. The molecule has 4 heterocycles. The van der Waals surface area contributed by atoms with Gasteiger partial charge in [-0.05, 0) is 76.4 Å². The van der Waals surface area contributed by atoms with Crippen LogP contribution < -0.4 is 10.2 Å². The quantitative estimate of drug-likeness (QED) is 0.465. The zero-order chi connectivity index (χ0) is 22.1. The van der Waals surface area contributed by atoms with Crippen LogP contribution in [0.2, 0.25) is 0 Å². The molecule has 1 fully saturated rings. The molecule has 0 atom stereocenters. The summed E-state index contributed by atoms with van der Waals surface area (Å²) in [5.74, 6) is 1.15. The zero-order valence-electron chi connectivity index (χ0n) is 18.5. The van der Waals surface area contributed by atoms with E-state index in [0.29, 0.717) is 40.8 Å². The van der Waals surface area contributed by atoms with E-state index in [9.17, 15) is 4.79 Å². The van der Waals surface area contributed by atoms with Crippen LogP contribution in [0.3, 0.4) is 0 Å². The minimum Gasteiger partial charge on any atom is -0.492 e. The minimum absolute atomic E-state index is 0.102. The number of ether oxygens (including phenoxy) is 1. The Morgan fingerprint density at radius 3 is 2.81 bits per heavy atom. The molecule has 0 spiro atoms. The van der Waals surface area contributed by atoms with Gasteiger partial charge in [-0.2, -0.15) is 0 Å². The second-order valence-electron chi connectivity index (χ2n) is 8.63. The molecule has 1 saturated heterocycles. The number of rotatable bonds is 6. The fourth-order valence-corrected chi connectivity index (χ4v) is 4.37. The maximum atomic E-state index is 12.8.